The van der Waals surface area contributed by atoms with Crippen molar-refractivity contribution in [2.45, 2.75) is 18.9 Å². The molecule has 0 aliphatic carbocycles. The fourth-order valence-corrected chi connectivity index (χ4v) is 2.25. The number of nitrogens with one attached hydrogen (secondary N) is 1. The average molecular weight is 428 g/mol. The number of carbonyl (C=O) groups is 1. The molecule has 1 amide bonds. The number of hydrogen-bond acceptors (Lipinski definition) is 4. The van der Waals surface area contributed by atoms with Crippen LogP contribution in [0.3, 0.4) is 0 Å². The van der Waals surface area contributed by atoms with Crippen LogP contribution in [-0.4, -0.2) is 44.0 Å². The molecule has 1 atom stereocenters. The Bertz CT molecular complexity index is 508. The Kier molecular flexibility index (Phi) is 7.19. The molecule has 0 fully saturated rings. The Morgan fingerprint density at radius 3 is 2.71 bits per heavy atom. The third-order valence-electron chi connectivity index (χ3n) is 2.96. The van der Waals surface area contributed by atoms with Crippen molar-refractivity contribution in [2.24, 2.45) is 0 Å². The number of ether oxygens (including phenoxy) is 2. The number of hydrogen-bond donors (Lipinski definition) is 2. The van der Waals surface area contributed by atoms with E-state index in [1.54, 1.807) is 26.2 Å². The van der Waals surface area contributed by atoms with Gasteiger partial charge in [0.25, 0.3) is 5.91 Å². The molecule has 1 aromatic rings. The van der Waals surface area contributed by atoms with Crippen LogP contribution in [0.15, 0.2) is 12.1 Å². The van der Waals surface area contributed by atoms with Crippen molar-refractivity contribution in [3.8, 4) is 5.75 Å². The summed E-state index contributed by atoms with van der Waals surface area (Å²) in [6, 6.07) is 3.25. The summed E-state index contributed by atoms with van der Waals surface area (Å²) in [5.74, 6) is 0.0978. The summed E-state index contributed by atoms with van der Waals surface area (Å²) in [6.45, 7) is 2.17. The zero-order chi connectivity index (χ0) is 16.0. The molecule has 0 aromatic heterocycles. The highest BCUT2D eigenvalue weighted by molar-refractivity contribution is 14.1. The molecule has 0 spiro atoms. The highest BCUT2D eigenvalue weighted by Crippen LogP contribution is 2.28. The van der Waals surface area contributed by atoms with Gasteiger partial charge in [0.15, 0.2) is 0 Å². The Hall–Kier alpha value is -0.570. The second-order valence-corrected chi connectivity index (χ2v) is 6.46. The van der Waals surface area contributed by atoms with Gasteiger partial charge in [0.05, 0.1) is 23.3 Å². The molecule has 7 heteroatoms. The molecule has 0 aliphatic rings. The zero-order valence-corrected chi connectivity index (χ0v) is 15.1. The second kappa shape index (κ2) is 8.17. The van der Waals surface area contributed by atoms with Crippen LogP contribution in [-0.2, 0) is 4.74 Å². The first kappa shape index (κ1) is 18.5. The predicted molar refractivity (Wildman–Crippen MR) is 90.2 cm³/mol. The number of amides is 1. The zero-order valence-electron chi connectivity index (χ0n) is 12.2. The van der Waals surface area contributed by atoms with Crippen molar-refractivity contribution < 1.29 is 19.4 Å². The molecule has 1 aromatic carbocycles. The summed E-state index contributed by atoms with van der Waals surface area (Å²) in [6.07, 6.45) is 0.425. The van der Waals surface area contributed by atoms with Gasteiger partial charge in [-0.25, -0.2) is 0 Å². The molecule has 0 radical (unpaired) electrons. The monoisotopic (exact) mass is 427 g/mol. The topological polar surface area (TPSA) is 67.8 Å². The number of aliphatic hydroxyl groups is 1. The molecular weight excluding hydrogens is 409 g/mol. The van der Waals surface area contributed by atoms with E-state index >= 15 is 0 Å². The third-order valence-corrected chi connectivity index (χ3v) is 4.49. The quantitative estimate of drug-likeness (QED) is 0.656. The van der Waals surface area contributed by atoms with Crippen molar-refractivity contribution in [3.05, 3.63) is 26.3 Å². The molecule has 1 unspecified atom stereocenters. The molecule has 5 nitrogen and oxygen atoms in total. The van der Waals surface area contributed by atoms with E-state index in [0.29, 0.717) is 29.4 Å². The summed E-state index contributed by atoms with van der Waals surface area (Å²) < 4.78 is 10.9. The van der Waals surface area contributed by atoms with Gasteiger partial charge in [-0.05, 0) is 41.6 Å². The standard InChI is InChI=1S/C14H19ClINO4/c1-14(19,4-5-20-2)8-17-13(18)9-6-10(15)11(16)7-12(9)21-3/h6-7,19H,4-5,8H2,1-3H3,(H,17,18). The van der Waals surface area contributed by atoms with Gasteiger partial charge in [-0.15, -0.1) is 0 Å². The molecular formula is C14H19ClINO4. The van der Waals surface area contributed by atoms with E-state index in [9.17, 15) is 9.90 Å². The van der Waals surface area contributed by atoms with Crippen LogP contribution in [0.5, 0.6) is 5.75 Å². The Morgan fingerprint density at radius 2 is 2.14 bits per heavy atom. The van der Waals surface area contributed by atoms with E-state index < -0.39 is 5.60 Å². The fraction of sp³-hybridized carbons (Fsp3) is 0.500. The van der Waals surface area contributed by atoms with E-state index in [1.807, 2.05) is 0 Å². The van der Waals surface area contributed by atoms with Crippen LogP contribution in [0.4, 0.5) is 0 Å². The molecule has 1 rings (SSSR count). The van der Waals surface area contributed by atoms with Crippen LogP contribution in [0, 0.1) is 3.57 Å². The molecule has 0 bridgehead atoms. The minimum absolute atomic E-state index is 0.113. The minimum Gasteiger partial charge on any atom is -0.496 e. The van der Waals surface area contributed by atoms with Gasteiger partial charge in [-0.1, -0.05) is 11.6 Å². The van der Waals surface area contributed by atoms with E-state index in [4.69, 9.17) is 21.1 Å². The second-order valence-electron chi connectivity index (χ2n) is 4.89. The van der Waals surface area contributed by atoms with Gasteiger partial charge >= 0.3 is 0 Å². The van der Waals surface area contributed by atoms with Crippen molar-refractivity contribution in [3.63, 3.8) is 0 Å². The summed E-state index contributed by atoms with van der Waals surface area (Å²) in [5.41, 5.74) is -0.697. The Morgan fingerprint density at radius 1 is 1.48 bits per heavy atom. The lowest BCUT2D eigenvalue weighted by atomic mass is 10.0. The third kappa shape index (κ3) is 5.61. The van der Waals surface area contributed by atoms with E-state index in [-0.39, 0.29) is 12.5 Å². The van der Waals surface area contributed by atoms with Gasteiger partial charge in [-0.2, -0.15) is 0 Å². The number of halogens is 2. The van der Waals surface area contributed by atoms with Crippen molar-refractivity contribution >= 4 is 40.1 Å². The molecule has 0 saturated heterocycles. The Labute approximate surface area is 143 Å². The lowest BCUT2D eigenvalue weighted by molar-refractivity contribution is 0.0243. The maximum Gasteiger partial charge on any atom is 0.255 e. The van der Waals surface area contributed by atoms with E-state index in [1.165, 1.54) is 7.11 Å². The number of methoxy groups -OCH3 is 2. The van der Waals surface area contributed by atoms with Crippen LogP contribution in [0.2, 0.25) is 5.02 Å². The highest BCUT2D eigenvalue weighted by atomic mass is 127. The predicted octanol–water partition coefficient (Wildman–Crippen LogP) is 2.47. The lowest BCUT2D eigenvalue weighted by Gasteiger charge is -2.23. The molecule has 21 heavy (non-hydrogen) atoms. The number of carbonyl (C=O) groups excluding carboxylic acids is 1. The van der Waals surface area contributed by atoms with E-state index in [2.05, 4.69) is 27.9 Å². The first-order valence-electron chi connectivity index (χ1n) is 6.33. The van der Waals surface area contributed by atoms with Crippen molar-refractivity contribution in [1.82, 2.24) is 5.32 Å². The smallest absolute Gasteiger partial charge is 0.255 e. The van der Waals surface area contributed by atoms with E-state index in [0.717, 1.165) is 3.57 Å². The maximum absolute atomic E-state index is 12.2. The fourth-order valence-electron chi connectivity index (χ4n) is 1.65. The van der Waals surface area contributed by atoms with Gasteiger partial charge in [0.2, 0.25) is 0 Å². The summed E-state index contributed by atoms with van der Waals surface area (Å²) >= 11 is 8.10. The number of benzene rings is 1. The van der Waals surface area contributed by atoms with Crippen LogP contribution in [0.25, 0.3) is 0 Å². The van der Waals surface area contributed by atoms with Crippen molar-refractivity contribution in [1.29, 1.82) is 0 Å². The van der Waals surface area contributed by atoms with Gasteiger partial charge < -0.3 is 19.9 Å². The van der Waals surface area contributed by atoms with Gasteiger partial charge in [0.1, 0.15) is 5.75 Å². The van der Waals surface area contributed by atoms with Gasteiger partial charge in [0, 0.05) is 30.3 Å². The molecule has 118 valence electrons. The molecule has 0 saturated carbocycles. The first-order valence-corrected chi connectivity index (χ1v) is 7.79. The van der Waals surface area contributed by atoms with Crippen LogP contribution in [0.1, 0.15) is 23.7 Å². The van der Waals surface area contributed by atoms with Crippen molar-refractivity contribution in [2.75, 3.05) is 27.4 Å². The number of rotatable bonds is 7. The normalized spacial score (nSPS) is 13.6. The average Bonchev–Trinajstić information content (AvgIpc) is 2.45. The highest BCUT2D eigenvalue weighted by Gasteiger charge is 2.22. The molecule has 2 N–H and O–H groups in total. The Balaban J connectivity index is 2.78. The minimum atomic E-state index is -1.04. The molecule has 0 heterocycles. The van der Waals surface area contributed by atoms with Crippen LogP contribution < -0.4 is 10.1 Å². The maximum atomic E-state index is 12.2. The first-order chi connectivity index (χ1) is 9.80. The van der Waals surface area contributed by atoms with Gasteiger partial charge in [-0.3, -0.25) is 4.79 Å². The summed E-state index contributed by atoms with van der Waals surface area (Å²) in [4.78, 5) is 12.2. The summed E-state index contributed by atoms with van der Waals surface area (Å²) in [5, 5.41) is 13.3. The van der Waals surface area contributed by atoms with Crippen LogP contribution >= 0.6 is 34.2 Å². The molecule has 0 aliphatic heterocycles. The SMILES string of the molecule is COCCC(C)(O)CNC(=O)c1cc(Cl)c(I)cc1OC. The largest absolute Gasteiger partial charge is 0.496 e. The summed E-state index contributed by atoms with van der Waals surface area (Å²) in [7, 11) is 3.05. The lowest BCUT2D eigenvalue weighted by Crippen LogP contribution is -2.41.